The summed E-state index contributed by atoms with van der Waals surface area (Å²) in [7, 11) is 0. The average Bonchev–Trinajstić information content (AvgIpc) is 2.80. The topological polar surface area (TPSA) is 32.3 Å². The standard InChI is InChI=1S/C17H25ClN2O/c1-12(2)6-4-7-13(3)20-16(21)11-19-17(20)14-8-5-9-15(18)10-14/h5,8-10,12-13,17,19H,4,6-7,11H2,1-3H3. The number of carbonyl (C=O) groups excluding carboxylic acids is 1. The Kier molecular flexibility index (Phi) is 5.65. The van der Waals surface area contributed by atoms with Gasteiger partial charge in [0.25, 0.3) is 0 Å². The van der Waals surface area contributed by atoms with E-state index < -0.39 is 0 Å². The summed E-state index contributed by atoms with van der Waals surface area (Å²) in [4.78, 5) is 14.2. The van der Waals surface area contributed by atoms with E-state index in [9.17, 15) is 4.79 Å². The zero-order chi connectivity index (χ0) is 15.4. The zero-order valence-corrected chi connectivity index (χ0v) is 13.9. The van der Waals surface area contributed by atoms with Crippen LogP contribution in [0.5, 0.6) is 0 Å². The van der Waals surface area contributed by atoms with Crippen molar-refractivity contribution in [3.8, 4) is 0 Å². The van der Waals surface area contributed by atoms with E-state index in [-0.39, 0.29) is 18.1 Å². The molecule has 3 nitrogen and oxygen atoms in total. The third kappa shape index (κ3) is 4.21. The van der Waals surface area contributed by atoms with Crippen LogP contribution in [-0.4, -0.2) is 23.4 Å². The van der Waals surface area contributed by atoms with Crippen LogP contribution in [0.15, 0.2) is 24.3 Å². The molecule has 21 heavy (non-hydrogen) atoms. The lowest BCUT2D eigenvalue weighted by Crippen LogP contribution is -2.38. The molecule has 0 aromatic heterocycles. The lowest BCUT2D eigenvalue weighted by molar-refractivity contribution is -0.130. The number of amides is 1. The summed E-state index contributed by atoms with van der Waals surface area (Å²) in [5.41, 5.74) is 1.06. The second kappa shape index (κ2) is 7.28. The summed E-state index contributed by atoms with van der Waals surface area (Å²) in [6.07, 6.45) is 3.36. The Balaban J connectivity index is 2.06. The summed E-state index contributed by atoms with van der Waals surface area (Å²) in [6.45, 7) is 7.03. The molecular weight excluding hydrogens is 284 g/mol. The molecule has 0 aliphatic carbocycles. The number of rotatable bonds is 6. The summed E-state index contributed by atoms with van der Waals surface area (Å²) in [5, 5.41) is 4.01. The molecule has 1 aromatic rings. The summed E-state index contributed by atoms with van der Waals surface area (Å²) < 4.78 is 0. The lowest BCUT2D eigenvalue weighted by Gasteiger charge is -2.31. The molecule has 0 bridgehead atoms. The van der Waals surface area contributed by atoms with Crippen LogP contribution in [0.25, 0.3) is 0 Å². The maximum atomic E-state index is 12.2. The quantitative estimate of drug-likeness (QED) is 0.862. The van der Waals surface area contributed by atoms with Gasteiger partial charge < -0.3 is 4.90 Å². The van der Waals surface area contributed by atoms with Gasteiger partial charge in [-0.2, -0.15) is 0 Å². The van der Waals surface area contributed by atoms with Crippen molar-refractivity contribution in [3.63, 3.8) is 0 Å². The van der Waals surface area contributed by atoms with E-state index in [0.29, 0.717) is 17.5 Å². The van der Waals surface area contributed by atoms with Crippen molar-refractivity contribution >= 4 is 17.5 Å². The van der Waals surface area contributed by atoms with Crippen molar-refractivity contribution in [2.45, 2.75) is 52.2 Å². The number of halogens is 1. The Bertz CT molecular complexity index is 489. The van der Waals surface area contributed by atoms with Gasteiger partial charge in [0.1, 0.15) is 6.17 Å². The van der Waals surface area contributed by atoms with Crippen LogP contribution in [0, 0.1) is 5.92 Å². The minimum atomic E-state index is -0.0507. The molecular formula is C17H25ClN2O. The van der Waals surface area contributed by atoms with Gasteiger partial charge in [0.05, 0.1) is 6.54 Å². The van der Waals surface area contributed by atoms with Crippen LogP contribution < -0.4 is 5.32 Å². The maximum Gasteiger partial charge on any atom is 0.238 e. The Labute approximate surface area is 132 Å². The van der Waals surface area contributed by atoms with Gasteiger partial charge in [-0.25, -0.2) is 0 Å². The molecule has 1 aliphatic heterocycles. The van der Waals surface area contributed by atoms with Crippen LogP contribution in [0.1, 0.15) is 51.8 Å². The van der Waals surface area contributed by atoms with Gasteiger partial charge in [0.2, 0.25) is 5.91 Å². The minimum absolute atomic E-state index is 0.0507. The first kappa shape index (κ1) is 16.3. The maximum absolute atomic E-state index is 12.2. The molecule has 1 fully saturated rings. The van der Waals surface area contributed by atoms with Crippen molar-refractivity contribution in [1.82, 2.24) is 10.2 Å². The molecule has 1 amide bonds. The monoisotopic (exact) mass is 308 g/mol. The van der Waals surface area contributed by atoms with Gasteiger partial charge in [0, 0.05) is 11.1 Å². The van der Waals surface area contributed by atoms with E-state index in [1.165, 1.54) is 6.42 Å². The molecule has 2 atom stereocenters. The largest absolute Gasteiger partial charge is 0.319 e. The van der Waals surface area contributed by atoms with Gasteiger partial charge in [-0.15, -0.1) is 0 Å². The molecule has 116 valence electrons. The molecule has 4 heteroatoms. The van der Waals surface area contributed by atoms with Gasteiger partial charge in [-0.1, -0.05) is 50.4 Å². The van der Waals surface area contributed by atoms with Crippen molar-refractivity contribution in [3.05, 3.63) is 34.9 Å². The van der Waals surface area contributed by atoms with E-state index in [1.807, 2.05) is 29.2 Å². The van der Waals surface area contributed by atoms with E-state index in [1.54, 1.807) is 0 Å². The lowest BCUT2D eigenvalue weighted by atomic mass is 10.0. The Morgan fingerprint density at radius 1 is 1.33 bits per heavy atom. The minimum Gasteiger partial charge on any atom is -0.319 e. The number of hydrogen-bond donors (Lipinski definition) is 1. The predicted octanol–water partition coefficient (Wildman–Crippen LogP) is 3.99. The molecule has 0 radical (unpaired) electrons. The van der Waals surface area contributed by atoms with Crippen molar-refractivity contribution in [2.24, 2.45) is 5.92 Å². The van der Waals surface area contributed by atoms with Gasteiger partial charge in [-0.3, -0.25) is 10.1 Å². The molecule has 0 saturated carbocycles. The second-order valence-electron chi connectivity index (χ2n) is 6.31. The summed E-state index contributed by atoms with van der Waals surface area (Å²) in [6, 6.07) is 8.00. The Morgan fingerprint density at radius 3 is 2.76 bits per heavy atom. The fraction of sp³-hybridized carbons (Fsp3) is 0.588. The number of carbonyl (C=O) groups is 1. The third-order valence-electron chi connectivity index (χ3n) is 4.06. The highest BCUT2D eigenvalue weighted by molar-refractivity contribution is 6.30. The van der Waals surface area contributed by atoms with Gasteiger partial charge in [-0.05, 0) is 37.0 Å². The molecule has 1 N–H and O–H groups in total. The molecule has 2 unspecified atom stereocenters. The van der Waals surface area contributed by atoms with E-state index in [0.717, 1.165) is 18.4 Å². The van der Waals surface area contributed by atoms with Gasteiger partial charge in [0.15, 0.2) is 0 Å². The van der Waals surface area contributed by atoms with Crippen LogP contribution in [0.4, 0.5) is 0 Å². The average molecular weight is 309 g/mol. The highest BCUT2D eigenvalue weighted by atomic mass is 35.5. The van der Waals surface area contributed by atoms with Crippen LogP contribution in [0.3, 0.4) is 0 Å². The SMILES string of the molecule is CC(C)CCCC(C)N1C(=O)CNC1c1cccc(Cl)c1. The molecule has 1 saturated heterocycles. The molecule has 1 aromatic carbocycles. The summed E-state index contributed by atoms with van der Waals surface area (Å²) >= 11 is 6.07. The van der Waals surface area contributed by atoms with Gasteiger partial charge >= 0.3 is 0 Å². The fourth-order valence-corrected chi connectivity index (χ4v) is 3.13. The first-order chi connectivity index (χ1) is 9.99. The zero-order valence-electron chi connectivity index (χ0n) is 13.1. The van der Waals surface area contributed by atoms with E-state index in [4.69, 9.17) is 11.6 Å². The number of nitrogens with one attached hydrogen (secondary N) is 1. The summed E-state index contributed by atoms with van der Waals surface area (Å²) in [5.74, 6) is 0.894. The van der Waals surface area contributed by atoms with E-state index >= 15 is 0 Å². The predicted molar refractivity (Wildman–Crippen MR) is 87.2 cm³/mol. The molecule has 1 aliphatic rings. The molecule has 1 heterocycles. The Hall–Kier alpha value is -1.06. The van der Waals surface area contributed by atoms with Crippen molar-refractivity contribution in [2.75, 3.05) is 6.54 Å². The second-order valence-corrected chi connectivity index (χ2v) is 6.75. The number of nitrogens with zero attached hydrogens (tertiary/aromatic N) is 1. The smallest absolute Gasteiger partial charge is 0.238 e. The first-order valence-electron chi connectivity index (χ1n) is 7.79. The van der Waals surface area contributed by atoms with Crippen LogP contribution in [0.2, 0.25) is 5.02 Å². The highest BCUT2D eigenvalue weighted by Gasteiger charge is 2.34. The van der Waals surface area contributed by atoms with Crippen LogP contribution in [-0.2, 0) is 4.79 Å². The normalized spacial score (nSPS) is 20.3. The van der Waals surface area contributed by atoms with Crippen molar-refractivity contribution in [1.29, 1.82) is 0 Å². The third-order valence-corrected chi connectivity index (χ3v) is 4.29. The molecule has 0 spiro atoms. The molecule has 2 rings (SSSR count). The van der Waals surface area contributed by atoms with Crippen LogP contribution >= 0.6 is 11.6 Å². The Morgan fingerprint density at radius 2 is 2.10 bits per heavy atom. The van der Waals surface area contributed by atoms with Crippen molar-refractivity contribution < 1.29 is 4.79 Å². The first-order valence-corrected chi connectivity index (χ1v) is 8.17. The fourth-order valence-electron chi connectivity index (χ4n) is 2.93. The van der Waals surface area contributed by atoms with E-state index in [2.05, 4.69) is 26.1 Å². The number of hydrogen-bond acceptors (Lipinski definition) is 2. The number of benzene rings is 1. The highest BCUT2D eigenvalue weighted by Crippen LogP contribution is 2.28.